The Labute approximate surface area is 192 Å². The molecule has 1 N–H and O–H groups in total. The van der Waals surface area contributed by atoms with Gasteiger partial charge in [0.25, 0.3) is 11.8 Å². The summed E-state index contributed by atoms with van der Waals surface area (Å²) >= 11 is 6.28. The number of hydrogen-bond acceptors (Lipinski definition) is 4. The molecule has 0 atom stereocenters. The van der Waals surface area contributed by atoms with Crippen molar-refractivity contribution in [2.24, 2.45) is 0 Å². The maximum atomic E-state index is 13.6. The molecule has 0 radical (unpaired) electrons. The molecule has 0 spiro atoms. The number of benzene rings is 3. The Kier molecular flexibility index (Phi) is 5.76. The van der Waals surface area contributed by atoms with Crippen LogP contribution in [0.5, 0.6) is 5.75 Å². The molecule has 5 nitrogen and oxygen atoms in total. The normalized spacial score (nSPS) is 13.7. The number of rotatable bonds is 5. The smallest absolute Gasteiger partial charge is 0.282 e. The Hall–Kier alpha value is -3.57. The van der Waals surface area contributed by atoms with E-state index in [2.05, 4.69) is 5.32 Å². The van der Waals surface area contributed by atoms with Crippen LogP contribution in [0.4, 0.5) is 11.4 Å². The maximum absolute atomic E-state index is 13.6. The van der Waals surface area contributed by atoms with E-state index < -0.39 is 5.91 Å². The van der Waals surface area contributed by atoms with Crippen molar-refractivity contribution in [1.82, 2.24) is 0 Å². The fourth-order valence-electron chi connectivity index (χ4n) is 3.68. The zero-order chi connectivity index (χ0) is 23.0. The highest BCUT2D eigenvalue weighted by Gasteiger charge is 2.41. The van der Waals surface area contributed by atoms with Gasteiger partial charge >= 0.3 is 0 Å². The lowest BCUT2D eigenvalue weighted by Gasteiger charge is -2.19. The van der Waals surface area contributed by atoms with E-state index in [1.54, 1.807) is 43.5 Å². The first-order valence-electron chi connectivity index (χ1n) is 10.2. The number of carbonyl (C=O) groups excluding carboxylic acids is 2. The van der Waals surface area contributed by atoms with Crippen LogP contribution in [0.3, 0.4) is 0 Å². The van der Waals surface area contributed by atoms with Crippen LogP contribution in [0.2, 0.25) is 5.02 Å². The zero-order valence-electron chi connectivity index (χ0n) is 18.3. The molecule has 0 aromatic heterocycles. The van der Waals surface area contributed by atoms with Gasteiger partial charge in [-0.15, -0.1) is 0 Å². The molecule has 4 rings (SSSR count). The van der Waals surface area contributed by atoms with Gasteiger partial charge in [-0.2, -0.15) is 0 Å². The van der Waals surface area contributed by atoms with E-state index in [1.165, 1.54) is 4.90 Å². The van der Waals surface area contributed by atoms with Gasteiger partial charge in [0.05, 0.1) is 18.4 Å². The van der Waals surface area contributed by atoms with Crippen molar-refractivity contribution in [2.45, 2.75) is 20.8 Å². The average Bonchev–Trinajstić information content (AvgIpc) is 3.02. The van der Waals surface area contributed by atoms with E-state index in [9.17, 15) is 9.59 Å². The fraction of sp³-hybridized carbons (Fsp3) is 0.154. The standard InChI is InChI=1S/C26H23ClN2O3/c1-15-6-5-7-22(17(15)3)29-25(30)23(18-9-12-20(32-4)13-10-18)24(26(29)31)28-19-11-8-16(2)21(27)14-19/h5-14,28H,1-4H3. The fourth-order valence-corrected chi connectivity index (χ4v) is 3.86. The van der Waals surface area contributed by atoms with Crippen LogP contribution in [-0.2, 0) is 9.59 Å². The maximum Gasteiger partial charge on any atom is 0.282 e. The van der Waals surface area contributed by atoms with E-state index in [1.807, 2.05) is 45.0 Å². The molecule has 0 bridgehead atoms. The highest BCUT2D eigenvalue weighted by atomic mass is 35.5. The lowest BCUT2D eigenvalue weighted by Crippen LogP contribution is -2.33. The number of aryl methyl sites for hydroxylation is 2. The van der Waals surface area contributed by atoms with Crippen molar-refractivity contribution < 1.29 is 14.3 Å². The second kappa shape index (κ2) is 8.52. The Bertz CT molecular complexity index is 1260. The molecule has 1 aliphatic rings. The molecule has 6 heteroatoms. The molecule has 0 saturated heterocycles. The zero-order valence-corrected chi connectivity index (χ0v) is 19.1. The van der Waals surface area contributed by atoms with E-state index >= 15 is 0 Å². The van der Waals surface area contributed by atoms with Gasteiger partial charge in [-0.1, -0.05) is 41.9 Å². The average molecular weight is 447 g/mol. The third-order valence-electron chi connectivity index (χ3n) is 5.72. The Balaban J connectivity index is 1.85. The van der Waals surface area contributed by atoms with Crippen LogP contribution in [0.15, 0.2) is 66.4 Å². The van der Waals surface area contributed by atoms with Gasteiger partial charge in [-0.25, -0.2) is 4.90 Å². The summed E-state index contributed by atoms with van der Waals surface area (Å²) in [5, 5.41) is 3.73. The second-order valence-corrected chi connectivity index (χ2v) is 8.14. The van der Waals surface area contributed by atoms with Crippen LogP contribution < -0.4 is 15.0 Å². The van der Waals surface area contributed by atoms with Crippen molar-refractivity contribution >= 4 is 40.4 Å². The number of ether oxygens (including phenoxy) is 1. The van der Waals surface area contributed by atoms with Crippen molar-refractivity contribution in [1.29, 1.82) is 0 Å². The molecule has 32 heavy (non-hydrogen) atoms. The summed E-state index contributed by atoms with van der Waals surface area (Å²) in [5.41, 5.74) is 5.14. The summed E-state index contributed by atoms with van der Waals surface area (Å²) in [4.78, 5) is 28.4. The summed E-state index contributed by atoms with van der Waals surface area (Å²) in [7, 11) is 1.58. The molecule has 0 unspecified atom stereocenters. The summed E-state index contributed by atoms with van der Waals surface area (Å²) in [6.07, 6.45) is 0. The quantitative estimate of drug-likeness (QED) is 0.513. The van der Waals surface area contributed by atoms with Crippen LogP contribution in [0.1, 0.15) is 22.3 Å². The van der Waals surface area contributed by atoms with Crippen LogP contribution in [0.25, 0.3) is 5.57 Å². The van der Waals surface area contributed by atoms with Crippen molar-refractivity contribution in [3.05, 3.63) is 93.6 Å². The van der Waals surface area contributed by atoms with Gasteiger partial charge in [-0.05, 0) is 73.4 Å². The topological polar surface area (TPSA) is 58.6 Å². The number of nitrogens with one attached hydrogen (secondary N) is 1. The molecule has 0 saturated carbocycles. The molecule has 0 aliphatic carbocycles. The van der Waals surface area contributed by atoms with Crippen LogP contribution in [0, 0.1) is 20.8 Å². The molecule has 0 fully saturated rings. The Morgan fingerprint density at radius 2 is 1.59 bits per heavy atom. The Morgan fingerprint density at radius 3 is 2.25 bits per heavy atom. The summed E-state index contributed by atoms with van der Waals surface area (Å²) in [6.45, 7) is 5.76. The highest BCUT2D eigenvalue weighted by molar-refractivity contribution is 6.46. The molecule has 3 aromatic rings. The molecule has 1 aliphatic heterocycles. The number of anilines is 2. The third kappa shape index (κ3) is 3.76. The van der Waals surface area contributed by atoms with E-state index in [4.69, 9.17) is 16.3 Å². The number of methoxy groups -OCH3 is 1. The summed E-state index contributed by atoms with van der Waals surface area (Å²) < 4.78 is 5.24. The number of carbonyl (C=O) groups is 2. The summed E-state index contributed by atoms with van der Waals surface area (Å²) in [5.74, 6) is -0.127. The minimum absolute atomic E-state index is 0.209. The molecule has 3 aromatic carbocycles. The van der Waals surface area contributed by atoms with Crippen LogP contribution >= 0.6 is 11.6 Å². The number of nitrogens with zero attached hydrogens (tertiary/aromatic N) is 1. The van der Waals surface area contributed by atoms with E-state index in [0.29, 0.717) is 33.3 Å². The van der Waals surface area contributed by atoms with Gasteiger partial charge in [-0.3, -0.25) is 9.59 Å². The largest absolute Gasteiger partial charge is 0.497 e. The molecular weight excluding hydrogens is 424 g/mol. The summed E-state index contributed by atoms with van der Waals surface area (Å²) in [6, 6.07) is 18.1. The predicted molar refractivity (Wildman–Crippen MR) is 128 cm³/mol. The molecule has 162 valence electrons. The first-order chi connectivity index (χ1) is 15.3. The minimum atomic E-state index is -0.411. The molecular formula is C26H23ClN2O3. The predicted octanol–water partition coefficient (Wildman–Crippen LogP) is 5.67. The Morgan fingerprint density at radius 1 is 0.875 bits per heavy atom. The molecule has 2 amide bonds. The SMILES string of the molecule is COc1ccc(C2=C(Nc3ccc(C)c(Cl)c3)C(=O)N(c3cccc(C)c3C)C2=O)cc1. The van der Waals surface area contributed by atoms with Gasteiger partial charge in [0.1, 0.15) is 11.4 Å². The third-order valence-corrected chi connectivity index (χ3v) is 6.13. The van der Waals surface area contributed by atoms with Crippen LogP contribution in [-0.4, -0.2) is 18.9 Å². The van der Waals surface area contributed by atoms with Gasteiger partial charge in [0, 0.05) is 10.7 Å². The number of hydrogen-bond donors (Lipinski definition) is 1. The van der Waals surface area contributed by atoms with E-state index in [-0.39, 0.29) is 11.6 Å². The number of amides is 2. The molecule has 1 heterocycles. The van der Waals surface area contributed by atoms with Crippen molar-refractivity contribution in [2.75, 3.05) is 17.3 Å². The monoisotopic (exact) mass is 446 g/mol. The second-order valence-electron chi connectivity index (χ2n) is 7.73. The van der Waals surface area contributed by atoms with Gasteiger partial charge in [0.2, 0.25) is 0 Å². The first-order valence-corrected chi connectivity index (χ1v) is 10.6. The highest BCUT2D eigenvalue weighted by Crippen LogP contribution is 2.36. The lowest BCUT2D eigenvalue weighted by atomic mass is 10.0. The number of imide groups is 1. The first kappa shape index (κ1) is 21.7. The minimum Gasteiger partial charge on any atom is -0.497 e. The van der Waals surface area contributed by atoms with E-state index in [0.717, 1.165) is 16.7 Å². The lowest BCUT2D eigenvalue weighted by molar-refractivity contribution is -0.120. The van der Waals surface area contributed by atoms with Gasteiger partial charge in [0.15, 0.2) is 0 Å². The number of halogens is 1. The van der Waals surface area contributed by atoms with Crippen molar-refractivity contribution in [3.63, 3.8) is 0 Å². The van der Waals surface area contributed by atoms with Crippen molar-refractivity contribution in [3.8, 4) is 5.75 Å². The van der Waals surface area contributed by atoms with Gasteiger partial charge < -0.3 is 10.1 Å².